The number of carbonyl (C=O) groups excluding carboxylic acids is 1. The Balaban J connectivity index is 1.98. The van der Waals surface area contributed by atoms with Gasteiger partial charge in [-0.05, 0) is 41.9 Å². The number of aromatic hydroxyl groups is 1. The van der Waals surface area contributed by atoms with Crippen molar-refractivity contribution in [1.29, 1.82) is 0 Å². The summed E-state index contributed by atoms with van der Waals surface area (Å²) in [6.07, 6.45) is 1.75. The summed E-state index contributed by atoms with van der Waals surface area (Å²) in [5, 5.41) is 12.3. The molecule has 2 rings (SSSR count). The van der Waals surface area contributed by atoms with Crippen LogP contribution in [0.15, 0.2) is 24.3 Å². The summed E-state index contributed by atoms with van der Waals surface area (Å²) in [6, 6.07) is 7.08. The average Bonchev–Trinajstić information content (AvgIpc) is 2.44. The lowest BCUT2D eigenvalue weighted by Crippen LogP contribution is -2.51. The molecule has 1 aromatic carbocycles. The number of rotatable bonds is 3. The highest BCUT2D eigenvalue weighted by Gasteiger charge is 2.44. The van der Waals surface area contributed by atoms with Gasteiger partial charge in [-0.25, -0.2) is 0 Å². The molecule has 1 fully saturated rings. The van der Waals surface area contributed by atoms with Crippen molar-refractivity contribution in [2.24, 2.45) is 23.0 Å². The minimum absolute atomic E-state index is 0.00409. The molecule has 0 heterocycles. The number of carbonyl (C=O) groups is 1. The van der Waals surface area contributed by atoms with E-state index in [0.29, 0.717) is 12.5 Å². The van der Waals surface area contributed by atoms with Crippen molar-refractivity contribution >= 4 is 5.91 Å². The van der Waals surface area contributed by atoms with Crippen LogP contribution in [0.1, 0.15) is 39.2 Å². The van der Waals surface area contributed by atoms with Gasteiger partial charge >= 0.3 is 0 Å². The molecule has 0 aliphatic heterocycles. The maximum absolute atomic E-state index is 12.5. The summed E-state index contributed by atoms with van der Waals surface area (Å²) in [7, 11) is 0. The molecule has 0 spiro atoms. The van der Waals surface area contributed by atoms with Crippen LogP contribution in [-0.4, -0.2) is 17.1 Å². The van der Waals surface area contributed by atoms with Crippen molar-refractivity contribution in [1.82, 2.24) is 5.32 Å². The van der Waals surface area contributed by atoms with Crippen LogP contribution in [0, 0.1) is 17.3 Å². The standard InChI is InChI=1S/C17H26N2O2/c1-11-15(18)9-8-14(17(11,2)3)16(21)19-10-12-4-6-13(20)7-5-12/h4-7,11,14-15,20H,8-10,18H2,1-3H3,(H,19,21). The molecule has 1 aliphatic carbocycles. The van der Waals surface area contributed by atoms with E-state index in [0.717, 1.165) is 18.4 Å². The first-order valence-electron chi connectivity index (χ1n) is 7.63. The van der Waals surface area contributed by atoms with Crippen molar-refractivity contribution in [2.75, 3.05) is 0 Å². The van der Waals surface area contributed by atoms with E-state index >= 15 is 0 Å². The summed E-state index contributed by atoms with van der Waals surface area (Å²) < 4.78 is 0. The third kappa shape index (κ3) is 3.38. The lowest BCUT2D eigenvalue weighted by molar-refractivity contribution is -0.132. The number of phenolic OH excluding ortho intramolecular Hbond substituents is 1. The first-order chi connectivity index (χ1) is 9.82. The van der Waals surface area contributed by atoms with Crippen molar-refractivity contribution in [3.63, 3.8) is 0 Å². The van der Waals surface area contributed by atoms with E-state index < -0.39 is 0 Å². The maximum Gasteiger partial charge on any atom is 0.223 e. The molecule has 1 aliphatic rings. The fraction of sp³-hybridized carbons (Fsp3) is 0.588. The van der Waals surface area contributed by atoms with Gasteiger partial charge < -0.3 is 16.2 Å². The Hall–Kier alpha value is -1.55. The van der Waals surface area contributed by atoms with Crippen LogP contribution in [0.3, 0.4) is 0 Å². The summed E-state index contributed by atoms with van der Waals surface area (Å²) in [5.74, 6) is 0.674. The van der Waals surface area contributed by atoms with Crippen molar-refractivity contribution in [3.05, 3.63) is 29.8 Å². The van der Waals surface area contributed by atoms with Gasteiger partial charge in [-0.15, -0.1) is 0 Å². The Morgan fingerprint density at radius 2 is 1.95 bits per heavy atom. The Kier molecular flexibility index (Phi) is 4.57. The molecule has 4 nitrogen and oxygen atoms in total. The second kappa shape index (κ2) is 6.06. The summed E-state index contributed by atoms with van der Waals surface area (Å²) >= 11 is 0. The molecule has 4 heteroatoms. The van der Waals surface area contributed by atoms with E-state index in [4.69, 9.17) is 5.73 Å². The molecule has 0 radical (unpaired) electrons. The van der Waals surface area contributed by atoms with Crippen LogP contribution in [0.4, 0.5) is 0 Å². The van der Waals surface area contributed by atoms with Gasteiger partial charge in [0.1, 0.15) is 5.75 Å². The van der Waals surface area contributed by atoms with Gasteiger partial charge in [0.2, 0.25) is 5.91 Å². The van der Waals surface area contributed by atoms with Crippen molar-refractivity contribution in [2.45, 2.75) is 46.2 Å². The molecule has 0 saturated heterocycles. The molecule has 0 bridgehead atoms. The van der Waals surface area contributed by atoms with Crippen molar-refractivity contribution in [3.8, 4) is 5.75 Å². The van der Waals surface area contributed by atoms with Gasteiger partial charge in [0, 0.05) is 18.5 Å². The Morgan fingerprint density at radius 3 is 2.57 bits per heavy atom. The first-order valence-corrected chi connectivity index (χ1v) is 7.63. The van der Waals surface area contributed by atoms with E-state index in [1.807, 2.05) is 12.1 Å². The second-order valence-corrected chi connectivity index (χ2v) is 6.79. The predicted octanol–water partition coefficient (Wildman–Crippen LogP) is 2.41. The van der Waals surface area contributed by atoms with Gasteiger partial charge in [-0.3, -0.25) is 4.79 Å². The molecule has 0 aromatic heterocycles. The maximum atomic E-state index is 12.5. The molecule has 21 heavy (non-hydrogen) atoms. The Morgan fingerprint density at radius 1 is 1.33 bits per heavy atom. The lowest BCUT2D eigenvalue weighted by atomic mass is 9.61. The summed E-state index contributed by atoms with van der Waals surface area (Å²) in [5.41, 5.74) is 7.04. The number of hydrogen-bond acceptors (Lipinski definition) is 3. The van der Waals surface area contributed by atoms with Gasteiger partial charge in [-0.1, -0.05) is 32.9 Å². The van der Waals surface area contributed by atoms with Gasteiger partial charge in [-0.2, -0.15) is 0 Å². The second-order valence-electron chi connectivity index (χ2n) is 6.79. The van der Waals surface area contributed by atoms with Crippen LogP contribution in [-0.2, 0) is 11.3 Å². The van der Waals surface area contributed by atoms with Crippen LogP contribution in [0.2, 0.25) is 0 Å². The van der Waals surface area contributed by atoms with E-state index in [2.05, 4.69) is 26.1 Å². The molecular formula is C17H26N2O2. The van der Waals surface area contributed by atoms with Crippen LogP contribution in [0.25, 0.3) is 0 Å². The van der Waals surface area contributed by atoms with Crippen LogP contribution < -0.4 is 11.1 Å². The summed E-state index contributed by atoms with van der Waals surface area (Å²) in [6.45, 7) is 6.92. The van der Waals surface area contributed by atoms with Gasteiger partial charge in [0.05, 0.1) is 0 Å². The third-order valence-corrected chi connectivity index (χ3v) is 5.22. The number of phenols is 1. The quantitative estimate of drug-likeness (QED) is 0.800. The van der Waals surface area contributed by atoms with E-state index in [1.54, 1.807) is 12.1 Å². The molecule has 4 N–H and O–H groups in total. The smallest absolute Gasteiger partial charge is 0.223 e. The molecule has 1 aromatic rings. The highest BCUT2D eigenvalue weighted by molar-refractivity contribution is 5.79. The van der Waals surface area contributed by atoms with Gasteiger partial charge in [0.15, 0.2) is 0 Å². The monoisotopic (exact) mass is 290 g/mol. The molecule has 116 valence electrons. The van der Waals surface area contributed by atoms with Crippen LogP contribution in [0.5, 0.6) is 5.75 Å². The minimum Gasteiger partial charge on any atom is -0.508 e. The molecule has 1 amide bonds. The van der Waals surface area contributed by atoms with Crippen molar-refractivity contribution < 1.29 is 9.90 Å². The zero-order valence-electron chi connectivity index (χ0n) is 13.1. The Labute approximate surface area is 126 Å². The summed E-state index contributed by atoms with van der Waals surface area (Å²) in [4.78, 5) is 12.5. The number of nitrogens with one attached hydrogen (secondary N) is 1. The number of amides is 1. The molecule has 3 unspecified atom stereocenters. The predicted molar refractivity (Wildman–Crippen MR) is 83.6 cm³/mol. The fourth-order valence-electron chi connectivity index (χ4n) is 3.25. The van der Waals surface area contributed by atoms with Crippen LogP contribution >= 0.6 is 0 Å². The zero-order chi connectivity index (χ0) is 15.6. The zero-order valence-corrected chi connectivity index (χ0v) is 13.1. The first kappa shape index (κ1) is 15.8. The normalized spacial score (nSPS) is 28.1. The highest BCUT2D eigenvalue weighted by atomic mass is 16.3. The average molecular weight is 290 g/mol. The SMILES string of the molecule is CC1C(N)CCC(C(=O)NCc2ccc(O)cc2)C1(C)C. The molecule has 3 atom stereocenters. The third-order valence-electron chi connectivity index (χ3n) is 5.22. The number of nitrogens with two attached hydrogens (primary N) is 1. The lowest BCUT2D eigenvalue weighted by Gasteiger charge is -2.46. The van der Waals surface area contributed by atoms with Gasteiger partial charge in [0.25, 0.3) is 0 Å². The highest BCUT2D eigenvalue weighted by Crippen LogP contribution is 2.44. The molecular weight excluding hydrogens is 264 g/mol. The number of hydrogen-bond donors (Lipinski definition) is 3. The minimum atomic E-state index is -0.0866. The number of benzene rings is 1. The molecule has 1 saturated carbocycles. The van der Waals surface area contributed by atoms with E-state index in [9.17, 15) is 9.90 Å². The topological polar surface area (TPSA) is 75.4 Å². The van der Waals surface area contributed by atoms with E-state index in [-0.39, 0.29) is 29.0 Å². The largest absolute Gasteiger partial charge is 0.508 e. The van der Waals surface area contributed by atoms with E-state index in [1.165, 1.54) is 0 Å². The Bertz CT molecular complexity index is 496. The fourth-order valence-corrected chi connectivity index (χ4v) is 3.25.